The minimum atomic E-state index is -1.12. The average molecular weight is 366 g/mol. The number of amides is 3. The largest absolute Gasteiger partial charge is 0.452 e. The van der Waals surface area contributed by atoms with Crippen LogP contribution in [0.1, 0.15) is 42.5 Å². The van der Waals surface area contributed by atoms with E-state index in [1.54, 1.807) is 0 Å². The molecule has 0 radical (unpaired) electrons. The van der Waals surface area contributed by atoms with Crippen molar-refractivity contribution < 1.29 is 27.9 Å². The molecule has 0 heterocycles. The van der Waals surface area contributed by atoms with Crippen LogP contribution < -0.4 is 10.6 Å². The van der Waals surface area contributed by atoms with Gasteiger partial charge >= 0.3 is 12.0 Å². The number of rotatable bonds is 6. The summed E-state index contributed by atoms with van der Waals surface area (Å²) in [6.45, 7) is -0.361. The zero-order valence-electron chi connectivity index (χ0n) is 14.1. The van der Waals surface area contributed by atoms with E-state index in [9.17, 15) is 23.2 Å². The molecule has 2 rings (SSSR count). The van der Waals surface area contributed by atoms with Crippen LogP contribution in [0.3, 0.4) is 0 Å². The zero-order valence-corrected chi connectivity index (χ0v) is 14.1. The Morgan fingerprint density at radius 2 is 1.96 bits per heavy atom. The predicted octanol–water partition coefficient (Wildman–Crippen LogP) is 2.84. The van der Waals surface area contributed by atoms with Crippen molar-refractivity contribution in [1.82, 2.24) is 10.6 Å². The second-order valence-corrected chi connectivity index (χ2v) is 5.86. The Kier molecular flexibility index (Phi) is 7.25. The predicted molar refractivity (Wildman–Crippen MR) is 89.3 cm³/mol. The summed E-state index contributed by atoms with van der Waals surface area (Å²) >= 11 is 0. The Labute approximate surface area is 149 Å². The van der Waals surface area contributed by atoms with Crippen LogP contribution in [-0.4, -0.2) is 31.1 Å². The number of urea groups is 1. The van der Waals surface area contributed by atoms with E-state index in [-0.39, 0.29) is 0 Å². The smallest absolute Gasteiger partial charge is 0.341 e. The Balaban J connectivity index is 1.68. The van der Waals surface area contributed by atoms with Gasteiger partial charge in [0.05, 0.1) is 5.56 Å². The maximum Gasteiger partial charge on any atom is 0.341 e. The fraction of sp³-hybridized carbons (Fsp3) is 0.389. The van der Waals surface area contributed by atoms with Gasteiger partial charge in [-0.05, 0) is 44.2 Å². The Morgan fingerprint density at radius 3 is 2.65 bits per heavy atom. The third kappa shape index (κ3) is 6.27. The second kappa shape index (κ2) is 9.65. The molecule has 1 aliphatic carbocycles. The van der Waals surface area contributed by atoms with Gasteiger partial charge in [-0.1, -0.05) is 11.6 Å². The molecule has 0 saturated heterocycles. The minimum Gasteiger partial charge on any atom is -0.452 e. The fourth-order valence-electron chi connectivity index (χ4n) is 2.54. The van der Waals surface area contributed by atoms with E-state index in [1.165, 1.54) is 12.0 Å². The normalized spacial score (nSPS) is 13.5. The van der Waals surface area contributed by atoms with Crippen LogP contribution in [0.5, 0.6) is 0 Å². The molecule has 0 aliphatic heterocycles. The van der Waals surface area contributed by atoms with E-state index in [4.69, 9.17) is 0 Å². The Morgan fingerprint density at radius 1 is 1.15 bits per heavy atom. The number of nitrogens with one attached hydrogen (secondary N) is 2. The van der Waals surface area contributed by atoms with Crippen molar-refractivity contribution >= 4 is 17.9 Å². The maximum absolute atomic E-state index is 13.4. The summed E-state index contributed by atoms with van der Waals surface area (Å²) in [5.41, 5.74) is 0.794. The van der Waals surface area contributed by atoms with Crippen LogP contribution in [-0.2, 0) is 9.53 Å². The lowest BCUT2D eigenvalue weighted by molar-refractivity contribution is -0.123. The van der Waals surface area contributed by atoms with Crippen LogP contribution in [0.25, 0.3) is 0 Å². The van der Waals surface area contributed by atoms with Crippen molar-refractivity contribution in [2.45, 2.75) is 32.1 Å². The van der Waals surface area contributed by atoms with Crippen LogP contribution >= 0.6 is 0 Å². The molecular formula is C18H20F2N2O4. The van der Waals surface area contributed by atoms with Gasteiger partial charge in [0.2, 0.25) is 0 Å². The molecule has 0 fully saturated rings. The fourth-order valence-corrected chi connectivity index (χ4v) is 2.54. The van der Waals surface area contributed by atoms with Gasteiger partial charge in [0.1, 0.15) is 11.6 Å². The number of carbonyl (C=O) groups is 3. The van der Waals surface area contributed by atoms with Crippen molar-refractivity contribution in [3.63, 3.8) is 0 Å². The van der Waals surface area contributed by atoms with Crippen molar-refractivity contribution in [1.29, 1.82) is 0 Å². The number of allylic oxidation sites excluding steroid dienone is 1. The molecule has 0 spiro atoms. The van der Waals surface area contributed by atoms with Gasteiger partial charge < -0.3 is 10.1 Å². The first kappa shape index (κ1) is 19.6. The lowest BCUT2D eigenvalue weighted by Gasteiger charge is -2.13. The number of imide groups is 1. The highest BCUT2D eigenvalue weighted by Gasteiger charge is 2.16. The van der Waals surface area contributed by atoms with Crippen molar-refractivity contribution in [2.75, 3.05) is 13.2 Å². The van der Waals surface area contributed by atoms with Gasteiger partial charge in [-0.25, -0.2) is 18.4 Å². The number of benzene rings is 1. The van der Waals surface area contributed by atoms with E-state index in [2.05, 4.69) is 16.1 Å². The molecule has 1 aromatic carbocycles. The van der Waals surface area contributed by atoms with E-state index < -0.39 is 41.7 Å². The lowest BCUT2D eigenvalue weighted by atomic mass is 9.97. The standard InChI is InChI=1S/C18H20F2N2O4/c19-13-6-7-14(15(20)10-13)17(24)26-11-16(23)22-18(25)21-9-8-12-4-2-1-3-5-12/h4,6-7,10H,1-3,5,8-9,11H2,(H2,21,22,23,25). The second-order valence-electron chi connectivity index (χ2n) is 5.86. The number of halogens is 2. The minimum absolute atomic E-state index is 0.394. The highest BCUT2D eigenvalue weighted by Crippen LogP contribution is 2.19. The molecule has 0 unspecified atom stereocenters. The number of ether oxygens (including phenoxy) is 1. The number of hydrogen-bond acceptors (Lipinski definition) is 4. The van der Waals surface area contributed by atoms with Gasteiger partial charge in [-0.2, -0.15) is 0 Å². The molecule has 6 nitrogen and oxygen atoms in total. The first-order chi connectivity index (χ1) is 12.5. The van der Waals surface area contributed by atoms with Crippen LogP contribution in [0.15, 0.2) is 29.8 Å². The van der Waals surface area contributed by atoms with Gasteiger partial charge in [0.25, 0.3) is 5.91 Å². The summed E-state index contributed by atoms with van der Waals surface area (Å²) in [7, 11) is 0. The molecule has 1 aliphatic rings. The summed E-state index contributed by atoms with van der Waals surface area (Å²) in [5, 5.41) is 4.55. The molecule has 2 N–H and O–H groups in total. The van der Waals surface area contributed by atoms with E-state index in [0.717, 1.165) is 37.8 Å². The van der Waals surface area contributed by atoms with Crippen molar-refractivity contribution in [3.8, 4) is 0 Å². The van der Waals surface area contributed by atoms with E-state index in [1.807, 2.05) is 5.32 Å². The Bertz CT molecular complexity index is 719. The molecule has 0 aromatic heterocycles. The summed E-state index contributed by atoms with van der Waals surface area (Å²) in [6, 6.07) is 1.65. The molecule has 3 amide bonds. The number of carbonyl (C=O) groups excluding carboxylic acids is 3. The molecule has 1 aromatic rings. The molecular weight excluding hydrogens is 346 g/mol. The van der Waals surface area contributed by atoms with Crippen LogP contribution in [0.4, 0.5) is 13.6 Å². The maximum atomic E-state index is 13.4. The summed E-state index contributed by atoms with van der Waals surface area (Å²) < 4.78 is 30.8. The summed E-state index contributed by atoms with van der Waals surface area (Å²) in [6.07, 6.45) is 7.31. The lowest BCUT2D eigenvalue weighted by Crippen LogP contribution is -2.41. The van der Waals surface area contributed by atoms with Crippen molar-refractivity contribution in [2.24, 2.45) is 0 Å². The van der Waals surface area contributed by atoms with Gasteiger partial charge in [0.15, 0.2) is 6.61 Å². The molecule has 140 valence electrons. The first-order valence-corrected chi connectivity index (χ1v) is 8.33. The zero-order chi connectivity index (χ0) is 18.9. The number of esters is 1. The van der Waals surface area contributed by atoms with Crippen LogP contribution in [0, 0.1) is 11.6 Å². The summed E-state index contributed by atoms with van der Waals surface area (Å²) in [5.74, 6) is -3.90. The molecule has 0 bridgehead atoms. The molecule has 0 saturated carbocycles. The van der Waals surface area contributed by atoms with Crippen molar-refractivity contribution in [3.05, 3.63) is 47.0 Å². The first-order valence-electron chi connectivity index (χ1n) is 8.33. The average Bonchev–Trinajstić information content (AvgIpc) is 2.60. The van der Waals surface area contributed by atoms with Crippen LogP contribution in [0.2, 0.25) is 0 Å². The van der Waals surface area contributed by atoms with Gasteiger partial charge in [-0.3, -0.25) is 10.1 Å². The highest BCUT2D eigenvalue weighted by atomic mass is 19.1. The molecule has 8 heteroatoms. The van der Waals surface area contributed by atoms with Gasteiger partial charge in [-0.15, -0.1) is 0 Å². The van der Waals surface area contributed by atoms with E-state index >= 15 is 0 Å². The summed E-state index contributed by atoms with van der Waals surface area (Å²) in [4.78, 5) is 34.8. The van der Waals surface area contributed by atoms with Gasteiger partial charge in [0, 0.05) is 12.6 Å². The SMILES string of the molecule is O=C(COC(=O)c1ccc(F)cc1F)NC(=O)NCCC1=CCCCC1. The molecule has 0 atom stereocenters. The molecule has 26 heavy (non-hydrogen) atoms. The third-order valence-corrected chi connectivity index (χ3v) is 3.86. The highest BCUT2D eigenvalue weighted by molar-refractivity contribution is 5.97. The quantitative estimate of drug-likeness (QED) is 0.599. The monoisotopic (exact) mass is 366 g/mol. The third-order valence-electron chi connectivity index (χ3n) is 3.86. The topological polar surface area (TPSA) is 84.5 Å². The number of hydrogen-bond donors (Lipinski definition) is 2. The van der Waals surface area contributed by atoms with E-state index in [0.29, 0.717) is 12.6 Å². The Hall–Kier alpha value is -2.77.